The number of unbranched alkanes of at least 4 members (excludes halogenated alkanes) is 2. The molecule has 0 saturated carbocycles. The van der Waals surface area contributed by atoms with Crippen molar-refractivity contribution < 1.29 is 112 Å². The number of amides is 8. The minimum absolute atomic E-state index is 0. The number of nitrogens with two attached hydrogens (primary N) is 4. The largest absolute Gasteiger partial charge is 2.00 e. The molecule has 6 aromatic rings. The van der Waals surface area contributed by atoms with E-state index in [2.05, 4.69) is 67.3 Å². The van der Waals surface area contributed by atoms with Crippen molar-refractivity contribution in [1.29, 1.82) is 0 Å². The smallest absolute Gasteiger partial charge is 0.497 e. The molecule has 33 heteroatoms. The molecule has 28 nitrogen and oxygen atoms in total. The Kier molecular flexibility index (Phi) is 44.6. The molecule has 0 heterocycles. The Morgan fingerprint density at radius 1 is 0.425 bits per heavy atom. The van der Waals surface area contributed by atoms with Crippen molar-refractivity contribution in [2.24, 2.45) is 22.9 Å². The summed E-state index contributed by atoms with van der Waals surface area (Å²) in [6.45, 7) is 14.5. The average molecular weight is 2050 g/mol. The summed E-state index contributed by atoms with van der Waals surface area (Å²) in [7, 11) is 13.1. The van der Waals surface area contributed by atoms with Gasteiger partial charge in [0.1, 0.15) is 35.7 Å². The van der Waals surface area contributed by atoms with E-state index >= 15 is 0 Å². The number of ketones is 4. The van der Waals surface area contributed by atoms with Gasteiger partial charge < -0.3 is 109 Å². The van der Waals surface area contributed by atoms with Gasteiger partial charge in [0.15, 0.2) is 11.6 Å². The van der Waals surface area contributed by atoms with Gasteiger partial charge in [-0.05, 0) is 173 Å². The molecule has 6 rings (SSSR count). The maximum atomic E-state index is 14.6. The minimum Gasteiger partial charge on any atom is -0.497 e. The Morgan fingerprint density at radius 2 is 0.792 bits per heavy atom. The van der Waals surface area contributed by atoms with Crippen LogP contribution in [0.4, 0.5) is 0 Å². The molecule has 0 saturated heterocycles. The van der Waals surface area contributed by atoms with Crippen LogP contribution in [0.1, 0.15) is 125 Å². The zero-order valence-electron chi connectivity index (χ0n) is 72.0. The summed E-state index contributed by atoms with van der Waals surface area (Å²) in [6.07, 6.45) is 3.40. The number of ether oxygens (including phenoxy) is 2. The van der Waals surface area contributed by atoms with Crippen molar-refractivity contribution >= 4 is 125 Å². The van der Waals surface area contributed by atoms with Gasteiger partial charge in [-0.15, -0.1) is 0 Å². The molecule has 0 aliphatic heterocycles. The molecule has 0 aliphatic carbocycles. The van der Waals surface area contributed by atoms with Crippen LogP contribution in [0.5, 0.6) is 11.5 Å². The van der Waals surface area contributed by atoms with Gasteiger partial charge in [-0.3, -0.25) is 62.0 Å². The summed E-state index contributed by atoms with van der Waals surface area (Å²) in [5.41, 5.74) is 23.3. The van der Waals surface area contributed by atoms with Crippen LogP contribution < -0.4 is 85.6 Å². The third-order valence-electron chi connectivity index (χ3n) is 20.0. The van der Waals surface area contributed by atoms with Gasteiger partial charge in [0, 0.05) is 66.3 Å². The fraction of sp³-hybridized carbons (Fsp3) is 0.448. The first kappa shape index (κ1) is 102. The molecule has 0 fully saturated rings. The SMILES string of the molecule is [3H][CH-]C(=O)[C@@H](NC(C)=O)C(C)(C)SSC(C)(C)[C@H](N[CH2-])C(=O)N[C@@H](Cc1ccc(OC)cc1)C(=O)N[C@@H](Cc1ccc2ccccc2c1)C(=O)N[C@@](C)(CCCCN)C(=O)CN.[3H][CH-]C(=O)[C@H](CCSC[C@H](N[CH2-])C(=O)N[C@@H](Cc1ccc(OC)cc1)C(=O)N[C@@H](Cc1ccc2ccccc2c1)C(=O)N[C@@](C)(CCCCN)C(=O)CN)NC(C)=O.[W+2].[W+2]. The summed E-state index contributed by atoms with van der Waals surface area (Å²) in [5, 5.41) is 31.9. The number of Topliss-reactive ketones (excluding diaryl/α,β-unsaturated/α-hetero) is 4. The molecule has 0 radical (unpaired) electrons. The molecule has 0 bridgehead atoms. The van der Waals surface area contributed by atoms with Crippen molar-refractivity contribution in [2.75, 3.05) is 51.9 Å². The number of nitrogens with one attached hydrogen (secondary N) is 10. The fourth-order valence-electron chi connectivity index (χ4n) is 13.0. The number of fused-ring (bicyclic) bond motifs is 2. The van der Waals surface area contributed by atoms with E-state index in [4.69, 9.17) is 35.1 Å². The van der Waals surface area contributed by atoms with Crippen molar-refractivity contribution in [3.05, 3.63) is 184 Å². The maximum Gasteiger partial charge on any atom is 2.00 e. The van der Waals surface area contributed by atoms with Gasteiger partial charge in [-0.2, -0.15) is 14.5 Å². The number of methoxy groups -OCH3 is 2. The Hall–Kier alpha value is -8.19. The zero-order valence-corrected chi connectivity index (χ0v) is 78.3. The second kappa shape index (κ2) is 52.3. The van der Waals surface area contributed by atoms with E-state index < -0.39 is 128 Å². The Labute approximate surface area is 749 Å². The number of rotatable bonds is 52. The standard InChI is InChI=1S/C45H63N7O7S2.C42H57N7O7S.2W/c1-28(53)38(49-29(2)54)43(3,4)60-61-44(5,6)39(48-8)42(58)51-35(25-30-17-20-34(59-9)21-18-30)40(56)50-36(26-31-16-19-32-14-10-11-15-33(32)24-31)41(57)52-45(7,37(55)27-47)22-12-13-23-46;1-27(50)34(46-28(2)51)18-21-57-26-37(45-4)40(54)47-35(23-29-13-16-33(56-5)17-14-29)39(53)48-36(24-30-12-15-31-10-6-7-11-32(31)22-30)41(55)49-42(3,38(52)25-44)19-8-9-20-43;;/h10-11,14-21,24,35-36,38-39,48H,1,8,12-13,22-23,25-27,46-47H2,2-7,9H3,(H,49,54)(H,50,56)(H,51,58)(H,52,57);6-7,10-17,22,34-37,45H,1,4,8-9,18-21,23-26,43-44H2,2-3,5H3,(H,46,51)(H,47,54)(H,48,53)(H,49,55);;/q2*-2;2*+2/t35-,36-,38+,39+,45-;34-,35-,36-,37-,42-;;/m00../s1/i2*1T;;. The van der Waals surface area contributed by atoms with Gasteiger partial charge in [0.25, 0.3) is 0 Å². The van der Waals surface area contributed by atoms with Crippen LogP contribution in [-0.2, 0) is 125 Å². The molecular weight excluding hydrogens is 1930 g/mol. The van der Waals surface area contributed by atoms with Crippen molar-refractivity contribution in [3.63, 3.8) is 0 Å². The molecule has 652 valence electrons. The fourth-order valence-corrected chi connectivity index (χ4v) is 16.9. The summed E-state index contributed by atoms with van der Waals surface area (Å²) in [4.78, 5) is 160. The Balaban J connectivity index is 0.000000621. The van der Waals surface area contributed by atoms with Crippen LogP contribution in [0.25, 0.3) is 21.5 Å². The van der Waals surface area contributed by atoms with Crippen LogP contribution >= 0.6 is 33.3 Å². The predicted octanol–water partition coefficient (Wildman–Crippen LogP) is 5.64. The Bertz CT molecular complexity index is 4430. The molecule has 18 N–H and O–H groups in total. The average Bonchev–Trinajstić information content (AvgIpc) is 0.775. The number of benzene rings is 6. The molecule has 120 heavy (non-hydrogen) atoms. The van der Waals surface area contributed by atoms with Crippen LogP contribution in [0, 0.1) is 27.9 Å². The second-order valence-corrected chi connectivity index (χ2v) is 34.9. The van der Waals surface area contributed by atoms with Crippen LogP contribution in [0.2, 0.25) is 0 Å². The summed E-state index contributed by atoms with van der Waals surface area (Å²) in [5.74, 6) is -4.54. The van der Waals surface area contributed by atoms with E-state index in [1.54, 1.807) is 90.1 Å². The first-order chi connectivity index (χ1) is 57.0. The van der Waals surface area contributed by atoms with Crippen molar-refractivity contribution in [2.45, 2.75) is 195 Å². The number of carbonyl (C=O) groups is 12. The van der Waals surface area contributed by atoms with Crippen molar-refractivity contribution in [1.82, 2.24) is 53.2 Å². The molecule has 6 aromatic carbocycles. The van der Waals surface area contributed by atoms with Gasteiger partial charge in [-0.1, -0.05) is 131 Å². The van der Waals surface area contributed by atoms with Gasteiger partial charge in [0.2, 0.25) is 47.3 Å². The van der Waals surface area contributed by atoms with E-state index in [1.165, 1.54) is 61.4 Å². The third kappa shape index (κ3) is 33.9. The molecule has 0 aliphatic rings. The topological polar surface area (TPSA) is 448 Å². The predicted molar refractivity (Wildman–Crippen MR) is 469 cm³/mol. The zero-order chi connectivity index (χ0) is 88.9. The Morgan fingerprint density at radius 3 is 1.16 bits per heavy atom. The van der Waals surface area contributed by atoms with Gasteiger partial charge >= 0.3 is 42.1 Å². The van der Waals surface area contributed by atoms with E-state index in [9.17, 15) is 57.5 Å². The first-order valence-corrected chi connectivity index (χ1v) is 42.3. The molecule has 10 atom stereocenters. The van der Waals surface area contributed by atoms with Crippen molar-refractivity contribution in [3.8, 4) is 11.5 Å². The van der Waals surface area contributed by atoms with E-state index in [-0.39, 0.29) is 111 Å². The summed E-state index contributed by atoms with van der Waals surface area (Å²) < 4.78 is 23.6. The molecule has 0 aromatic heterocycles. The van der Waals surface area contributed by atoms with Crippen LogP contribution in [0.15, 0.2) is 133 Å². The third-order valence-corrected chi connectivity index (χ3v) is 25.3. The number of carbonyl (C=O) groups excluding carboxylic acids is 12. The van der Waals surface area contributed by atoms with E-state index in [1.807, 2.05) is 84.9 Å². The van der Waals surface area contributed by atoms with E-state index in [0.29, 0.717) is 87.4 Å². The maximum absolute atomic E-state index is 14.6. The monoisotopic (exact) mass is 2050 g/mol. The molecule has 8 amide bonds. The second-order valence-electron chi connectivity index (χ2n) is 30.3. The first-order valence-electron chi connectivity index (χ1n) is 40.1. The van der Waals surface area contributed by atoms with Crippen LogP contribution in [-0.4, -0.2) is 191 Å². The summed E-state index contributed by atoms with van der Waals surface area (Å²) >= 11 is 1.32. The number of hydrogen-bond acceptors (Lipinski definition) is 23. The van der Waals surface area contributed by atoms with Crippen LogP contribution in [0.3, 0.4) is 0 Å². The quantitative estimate of drug-likeness (QED) is 0.0125. The molecular formula is C87H120N14O14S3W2. The molecule has 0 spiro atoms. The summed E-state index contributed by atoms with van der Waals surface area (Å²) in [6, 6.07) is 32.5. The van der Waals surface area contributed by atoms with Gasteiger partial charge in [-0.25, -0.2) is 0 Å². The number of hydrogen-bond donors (Lipinski definition) is 14. The number of thioether (sulfide) groups is 1. The molecule has 0 unspecified atom stereocenters. The minimum atomic E-state index is -1.33. The van der Waals surface area contributed by atoms with E-state index in [0.717, 1.165) is 32.7 Å². The normalized spacial score (nSPS) is 14.4. The van der Waals surface area contributed by atoms with Gasteiger partial charge in [0.05, 0.1) is 62.6 Å².